The number of methoxy groups -OCH3 is 1. The molecule has 0 heterocycles. The van der Waals surface area contributed by atoms with Gasteiger partial charge in [0, 0.05) is 19.2 Å². The lowest BCUT2D eigenvalue weighted by Gasteiger charge is -2.20. The number of nitrogens with zero attached hydrogens (tertiary/aromatic N) is 1. The van der Waals surface area contributed by atoms with Crippen molar-refractivity contribution in [1.29, 1.82) is 0 Å². The second-order valence-electron chi connectivity index (χ2n) is 4.08. The van der Waals surface area contributed by atoms with E-state index in [1.165, 1.54) is 0 Å². The van der Waals surface area contributed by atoms with Crippen LogP contribution in [0.4, 0.5) is 0 Å². The minimum absolute atomic E-state index is 0.0289. The molecular formula is C14H22N2O3. The molecule has 1 rings (SSSR count). The summed E-state index contributed by atoms with van der Waals surface area (Å²) in [6, 6.07) is 7.20. The highest BCUT2D eigenvalue weighted by molar-refractivity contribution is 5.77. The van der Waals surface area contributed by atoms with E-state index in [2.05, 4.69) is 0 Å². The molecule has 0 bridgehead atoms. The number of hydrogen-bond donors (Lipinski definition) is 1. The first kappa shape index (κ1) is 15.3. The van der Waals surface area contributed by atoms with Crippen molar-refractivity contribution < 1.29 is 14.3 Å². The van der Waals surface area contributed by atoms with Crippen LogP contribution >= 0.6 is 0 Å². The lowest BCUT2D eigenvalue weighted by Crippen LogP contribution is -2.36. The predicted octanol–water partition coefficient (Wildman–Crippen LogP) is 1.27. The number of benzene rings is 1. The molecule has 0 atom stereocenters. The Balaban J connectivity index is 2.47. The molecule has 0 saturated heterocycles. The first-order valence-electron chi connectivity index (χ1n) is 6.46. The third-order valence-corrected chi connectivity index (χ3v) is 2.77. The molecule has 19 heavy (non-hydrogen) atoms. The fraction of sp³-hybridized carbons (Fsp3) is 0.500. The largest absolute Gasteiger partial charge is 0.497 e. The highest BCUT2D eigenvalue weighted by Gasteiger charge is 2.11. The minimum Gasteiger partial charge on any atom is -0.497 e. The molecule has 0 saturated carbocycles. The van der Waals surface area contributed by atoms with Crippen LogP contribution in [-0.4, -0.2) is 44.2 Å². The van der Waals surface area contributed by atoms with Gasteiger partial charge in [0.25, 0.3) is 5.91 Å². The van der Waals surface area contributed by atoms with Crippen molar-refractivity contribution in [1.82, 2.24) is 4.90 Å². The summed E-state index contributed by atoms with van der Waals surface area (Å²) in [6.45, 7) is 3.90. The monoisotopic (exact) mass is 266 g/mol. The maximum absolute atomic E-state index is 11.9. The Morgan fingerprint density at radius 1 is 1.37 bits per heavy atom. The third-order valence-electron chi connectivity index (χ3n) is 2.77. The average Bonchev–Trinajstić information content (AvgIpc) is 2.46. The molecule has 106 valence electrons. The van der Waals surface area contributed by atoms with Gasteiger partial charge in [-0.2, -0.15) is 0 Å². The summed E-state index contributed by atoms with van der Waals surface area (Å²) in [5.41, 5.74) is 5.45. The quantitative estimate of drug-likeness (QED) is 0.769. The van der Waals surface area contributed by atoms with E-state index < -0.39 is 0 Å². The second-order valence-corrected chi connectivity index (χ2v) is 4.08. The predicted molar refractivity (Wildman–Crippen MR) is 74.4 cm³/mol. The molecule has 0 fully saturated rings. The van der Waals surface area contributed by atoms with E-state index in [4.69, 9.17) is 15.2 Å². The summed E-state index contributed by atoms with van der Waals surface area (Å²) in [5, 5.41) is 0. The van der Waals surface area contributed by atoms with Crippen LogP contribution in [0.5, 0.6) is 11.5 Å². The number of rotatable bonds is 8. The Morgan fingerprint density at radius 2 is 2.11 bits per heavy atom. The van der Waals surface area contributed by atoms with Crippen LogP contribution in [0.2, 0.25) is 0 Å². The number of likely N-dealkylation sites (N-methyl/N-ethyl adjacent to an activating group) is 1. The van der Waals surface area contributed by atoms with Gasteiger partial charge in [0.05, 0.1) is 7.11 Å². The van der Waals surface area contributed by atoms with E-state index in [0.29, 0.717) is 31.1 Å². The fourth-order valence-electron chi connectivity index (χ4n) is 1.67. The smallest absolute Gasteiger partial charge is 0.260 e. The van der Waals surface area contributed by atoms with Crippen LogP contribution in [0, 0.1) is 0 Å². The van der Waals surface area contributed by atoms with Crippen LogP contribution in [-0.2, 0) is 4.79 Å². The minimum atomic E-state index is -0.0289. The zero-order valence-electron chi connectivity index (χ0n) is 11.6. The summed E-state index contributed by atoms with van der Waals surface area (Å²) in [6.07, 6.45) is 0.804. The standard InChI is InChI=1S/C14H22N2O3/c1-3-16(9-5-8-15)14(17)11-19-13-7-4-6-12(10-13)18-2/h4,6-7,10H,3,5,8-9,11,15H2,1-2H3. The topological polar surface area (TPSA) is 64.8 Å². The highest BCUT2D eigenvalue weighted by atomic mass is 16.5. The molecule has 0 spiro atoms. The first-order chi connectivity index (χ1) is 9.21. The van der Waals surface area contributed by atoms with Crippen LogP contribution in [0.25, 0.3) is 0 Å². The number of carbonyl (C=O) groups excluding carboxylic acids is 1. The van der Waals surface area contributed by atoms with Gasteiger partial charge < -0.3 is 20.1 Å². The molecule has 5 nitrogen and oxygen atoms in total. The van der Waals surface area contributed by atoms with Crippen LogP contribution in [0.15, 0.2) is 24.3 Å². The summed E-state index contributed by atoms with van der Waals surface area (Å²) in [7, 11) is 1.59. The molecule has 5 heteroatoms. The van der Waals surface area contributed by atoms with Gasteiger partial charge in [-0.1, -0.05) is 6.07 Å². The van der Waals surface area contributed by atoms with Gasteiger partial charge in [0.1, 0.15) is 11.5 Å². The van der Waals surface area contributed by atoms with Crippen molar-refractivity contribution in [3.05, 3.63) is 24.3 Å². The molecule has 0 aromatic heterocycles. The Morgan fingerprint density at radius 3 is 2.74 bits per heavy atom. The molecule has 0 aliphatic rings. The van der Waals surface area contributed by atoms with E-state index >= 15 is 0 Å². The maximum atomic E-state index is 11.9. The van der Waals surface area contributed by atoms with Crippen molar-refractivity contribution in [3.8, 4) is 11.5 Å². The summed E-state index contributed by atoms with van der Waals surface area (Å²) >= 11 is 0. The average molecular weight is 266 g/mol. The van der Waals surface area contributed by atoms with Crippen molar-refractivity contribution in [2.45, 2.75) is 13.3 Å². The van der Waals surface area contributed by atoms with Gasteiger partial charge in [0.2, 0.25) is 0 Å². The molecule has 1 aromatic carbocycles. The van der Waals surface area contributed by atoms with Crippen molar-refractivity contribution >= 4 is 5.91 Å². The number of nitrogens with two attached hydrogens (primary N) is 1. The van der Waals surface area contributed by atoms with E-state index in [1.807, 2.05) is 19.1 Å². The fourth-order valence-corrected chi connectivity index (χ4v) is 1.67. The maximum Gasteiger partial charge on any atom is 0.260 e. The van der Waals surface area contributed by atoms with Crippen LogP contribution in [0.3, 0.4) is 0 Å². The lowest BCUT2D eigenvalue weighted by molar-refractivity contribution is -0.133. The van der Waals surface area contributed by atoms with Gasteiger partial charge in [-0.15, -0.1) is 0 Å². The van der Waals surface area contributed by atoms with E-state index in [9.17, 15) is 4.79 Å². The van der Waals surface area contributed by atoms with E-state index in [-0.39, 0.29) is 12.5 Å². The molecule has 2 N–H and O–H groups in total. The Bertz CT molecular complexity index is 396. The van der Waals surface area contributed by atoms with Gasteiger partial charge in [0.15, 0.2) is 6.61 Å². The molecule has 0 aliphatic heterocycles. The summed E-state index contributed by atoms with van der Waals surface area (Å²) < 4.78 is 10.6. The Kier molecular flexibility index (Phi) is 6.74. The molecular weight excluding hydrogens is 244 g/mol. The molecule has 0 radical (unpaired) electrons. The van der Waals surface area contributed by atoms with Crippen LogP contribution < -0.4 is 15.2 Å². The summed E-state index contributed by atoms with van der Waals surface area (Å²) in [4.78, 5) is 13.7. The molecule has 1 amide bonds. The van der Waals surface area contributed by atoms with E-state index in [0.717, 1.165) is 6.42 Å². The third kappa shape index (κ3) is 5.18. The van der Waals surface area contributed by atoms with Gasteiger partial charge in [-0.05, 0) is 32.0 Å². The zero-order valence-corrected chi connectivity index (χ0v) is 11.6. The summed E-state index contributed by atoms with van der Waals surface area (Å²) in [5.74, 6) is 1.31. The zero-order chi connectivity index (χ0) is 14.1. The Labute approximate surface area is 114 Å². The number of ether oxygens (including phenoxy) is 2. The van der Waals surface area contributed by atoms with Crippen molar-refractivity contribution in [2.75, 3.05) is 33.4 Å². The van der Waals surface area contributed by atoms with Gasteiger partial charge in [-0.25, -0.2) is 0 Å². The lowest BCUT2D eigenvalue weighted by atomic mass is 10.3. The number of hydrogen-bond acceptors (Lipinski definition) is 4. The normalized spacial score (nSPS) is 10.1. The SMILES string of the molecule is CCN(CCCN)C(=O)COc1cccc(OC)c1. The number of amides is 1. The van der Waals surface area contributed by atoms with E-state index in [1.54, 1.807) is 24.1 Å². The second kappa shape index (κ2) is 8.37. The number of carbonyl (C=O) groups is 1. The first-order valence-corrected chi connectivity index (χ1v) is 6.46. The van der Waals surface area contributed by atoms with Crippen molar-refractivity contribution in [2.24, 2.45) is 5.73 Å². The van der Waals surface area contributed by atoms with Gasteiger partial charge in [-0.3, -0.25) is 4.79 Å². The molecule has 1 aromatic rings. The highest BCUT2D eigenvalue weighted by Crippen LogP contribution is 2.18. The Hall–Kier alpha value is -1.75. The molecule has 0 unspecified atom stereocenters. The van der Waals surface area contributed by atoms with Gasteiger partial charge >= 0.3 is 0 Å². The van der Waals surface area contributed by atoms with Crippen molar-refractivity contribution in [3.63, 3.8) is 0 Å². The van der Waals surface area contributed by atoms with Crippen LogP contribution in [0.1, 0.15) is 13.3 Å². The molecule has 0 aliphatic carbocycles.